The van der Waals surface area contributed by atoms with Crippen LogP contribution in [0, 0.1) is 5.82 Å². The number of para-hydroxylation sites is 1. The maximum absolute atomic E-state index is 14.2. The van der Waals surface area contributed by atoms with Gasteiger partial charge in [0.25, 0.3) is 0 Å². The van der Waals surface area contributed by atoms with Gasteiger partial charge in [0, 0.05) is 22.3 Å². The van der Waals surface area contributed by atoms with Gasteiger partial charge in [-0.05, 0) is 24.3 Å². The van der Waals surface area contributed by atoms with Gasteiger partial charge in [-0.25, -0.2) is 4.39 Å². The van der Waals surface area contributed by atoms with E-state index in [2.05, 4.69) is 0 Å². The molecule has 0 N–H and O–H groups in total. The first kappa shape index (κ1) is 18.0. The number of methoxy groups -OCH3 is 1. The van der Waals surface area contributed by atoms with E-state index in [0.29, 0.717) is 33.2 Å². The van der Waals surface area contributed by atoms with Crippen molar-refractivity contribution in [2.45, 2.75) is 6.61 Å². The second kappa shape index (κ2) is 8.02. The molecule has 132 valence electrons. The quantitative estimate of drug-likeness (QED) is 0.534. The van der Waals surface area contributed by atoms with Crippen molar-refractivity contribution in [3.63, 3.8) is 0 Å². The molecule has 3 nitrogen and oxygen atoms in total. The van der Waals surface area contributed by atoms with Gasteiger partial charge in [-0.1, -0.05) is 48.0 Å². The van der Waals surface area contributed by atoms with E-state index in [4.69, 9.17) is 21.1 Å². The Labute approximate surface area is 155 Å². The average molecular weight is 371 g/mol. The fourth-order valence-electron chi connectivity index (χ4n) is 2.69. The molecule has 0 aliphatic rings. The number of aldehydes is 1. The summed E-state index contributed by atoms with van der Waals surface area (Å²) >= 11 is 6.13. The summed E-state index contributed by atoms with van der Waals surface area (Å²) in [5.41, 5.74) is 2.33. The Kier molecular flexibility index (Phi) is 5.54. The molecule has 0 saturated heterocycles. The summed E-state index contributed by atoms with van der Waals surface area (Å²) in [6.07, 6.45) is 0.719. The molecule has 26 heavy (non-hydrogen) atoms. The number of ether oxygens (including phenoxy) is 2. The highest BCUT2D eigenvalue weighted by molar-refractivity contribution is 6.32. The lowest BCUT2D eigenvalue weighted by Gasteiger charge is -2.15. The molecule has 0 unspecified atom stereocenters. The Bertz CT molecular complexity index is 940. The predicted octanol–water partition coefficient (Wildman–Crippen LogP) is 5.55. The molecular weight excluding hydrogens is 355 g/mol. The van der Waals surface area contributed by atoms with E-state index in [1.54, 1.807) is 36.4 Å². The van der Waals surface area contributed by atoms with E-state index in [9.17, 15) is 9.18 Å². The van der Waals surface area contributed by atoms with Crippen molar-refractivity contribution < 1.29 is 18.7 Å². The minimum atomic E-state index is -0.323. The minimum absolute atomic E-state index is 0.186. The van der Waals surface area contributed by atoms with Gasteiger partial charge in [0.05, 0.1) is 12.1 Å². The van der Waals surface area contributed by atoms with Crippen molar-refractivity contribution in [3.05, 3.63) is 82.6 Å². The van der Waals surface area contributed by atoms with Crippen molar-refractivity contribution >= 4 is 17.9 Å². The van der Waals surface area contributed by atoms with Crippen molar-refractivity contribution in [2.75, 3.05) is 7.11 Å². The highest BCUT2D eigenvalue weighted by Crippen LogP contribution is 2.35. The molecule has 3 aromatic rings. The van der Waals surface area contributed by atoms with Crippen LogP contribution < -0.4 is 9.47 Å². The monoisotopic (exact) mass is 370 g/mol. The van der Waals surface area contributed by atoms with Gasteiger partial charge in [-0.2, -0.15) is 0 Å². The van der Waals surface area contributed by atoms with Gasteiger partial charge < -0.3 is 9.47 Å². The van der Waals surface area contributed by atoms with Crippen LogP contribution in [0.1, 0.15) is 15.9 Å². The Morgan fingerprint density at radius 3 is 2.50 bits per heavy atom. The van der Waals surface area contributed by atoms with Crippen LogP contribution in [-0.2, 0) is 6.61 Å². The minimum Gasteiger partial charge on any atom is -0.496 e. The van der Waals surface area contributed by atoms with Gasteiger partial charge in [-0.15, -0.1) is 0 Å². The number of hydrogen-bond acceptors (Lipinski definition) is 3. The summed E-state index contributed by atoms with van der Waals surface area (Å²) in [4.78, 5) is 10.8. The van der Waals surface area contributed by atoms with Gasteiger partial charge in [-0.3, -0.25) is 4.79 Å². The summed E-state index contributed by atoms with van der Waals surface area (Å²) in [7, 11) is 1.54. The van der Waals surface area contributed by atoms with Crippen LogP contribution in [0.4, 0.5) is 4.39 Å². The van der Waals surface area contributed by atoms with Crippen LogP contribution in [0.5, 0.6) is 11.5 Å². The molecule has 0 heterocycles. The number of hydrogen-bond donors (Lipinski definition) is 0. The second-order valence-corrected chi connectivity index (χ2v) is 5.98. The van der Waals surface area contributed by atoms with E-state index in [0.717, 1.165) is 11.8 Å². The molecular formula is C21H16ClFO3. The highest BCUT2D eigenvalue weighted by Gasteiger charge is 2.14. The van der Waals surface area contributed by atoms with Crippen LogP contribution in [0.15, 0.2) is 60.7 Å². The molecule has 0 aliphatic heterocycles. The molecule has 0 spiro atoms. The lowest BCUT2D eigenvalue weighted by atomic mass is 10.0. The molecule has 3 rings (SSSR count). The van der Waals surface area contributed by atoms with Gasteiger partial charge >= 0.3 is 0 Å². The first-order valence-corrected chi connectivity index (χ1v) is 8.30. The summed E-state index contributed by atoms with van der Waals surface area (Å²) in [6, 6.07) is 16.8. The summed E-state index contributed by atoms with van der Waals surface area (Å²) in [6.45, 7) is 0.186. The third-order valence-electron chi connectivity index (χ3n) is 3.94. The number of carbonyl (C=O) groups excluding carboxylic acids is 1. The van der Waals surface area contributed by atoms with Gasteiger partial charge in [0.1, 0.15) is 30.2 Å². The zero-order chi connectivity index (χ0) is 18.5. The third kappa shape index (κ3) is 3.70. The molecule has 3 aromatic carbocycles. The summed E-state index contributed by atoms with van der Waals surface area (Å²) in [5, 5.41) is 0.346. The average Bonchev–Trinajstić information content (AvgIpc) is 2.67. The van der Waals surface area contributed by atoms with Gasteiger partial charge in [0.15, 0.2) is 0 Å². The zero-order valence-corrected chi connectivity index (χ0v) is 14.8. The van der Waals surface area contributed by atoms with E-state index >= 15 is 0 Å². The van der Waals surface area contributed by atoms with Crippen LogP contribution >= 0.6 is 11.6 Å². The molecule has 0 aliphatic carbocycles. The van der Waals surface area contributed by atoms with E-state index < -0.39 is 0 Å². The van der Waals surface area contributed by atoms with Gasteiger partial charge in [0.2, 0.25) is 0 Å². The first-order valence-electron chi connectivity index (χ1n) is 7.92. The Balaban J connectivity index is 1.90. The standard InChI is InChI=1S/C21H16ClFO3/c1-25-21-15(13-26-20-10-9-14(12-24)11-18(20)22)5-4-7-17(21)16-6-2-3-8-19(16)23/h2-12H,13H2,1H3. The second-order valence-electron chi connectivity index (χ2n) is 5.57. The Morgan fingerprint density at radius 1 is 1.04 bits per heavy atom. The maximum Gasteiger partial charge on any atom is 0.150 e. The number of carbonyl (C=O) groups is 1. The normalized spacial score (nSPS) is 10.4. The molecule has 0 amide bonds. The van der Waals surface area contributed by atoms with Crippen LogP contribution in [0.3, 0.4) is 0 Å². The van der Waals surface area contributed by atoms with E-state index in [1.165, 1.54) is 19.2 Å². The Morgan fingerprint density at radius 2 is 1.81 bits per heavy atom. The molecule has 0 aromatic heterocycles. The summed E-state index contributed by atoms with van der Waals surface area (Å²) < 4.78 is 25.4. The zero-order valence-electron chi connectivity index (χ0n) is 14.0. The molecule has 5 heteroatoms. The highest BCUT2D eigenvalue weighted by atomic mass is 35.5. The molecule has 0 fully saturated rings. The SMILES string of the molecule is COc1c(COc2ccc(C=O)cc2Cl)cccc1-c1ccccc1F. The first-order chi connectivity index (χ1) is 12.6. The number of benzene rings is 3. The van der Waals surface area contributed by atoms with Crippen LogP contribution in [-0.4, -0.2) is 13.4 Å². The smallest absolute Gasteiger partial charge is 0.150 e. The van der Waals surface area contributed by atoms with Crippen molar-refractivity contribution in [3.8, 4) is 22.6 Å². The lowest BCUT2D eigenvalue weighted by Crippen LogP contribution is -2.01. The third-order valence-corrected chi connectivity index (χ3v) is 4.24. The number of halogens is 2. The van der Waals surface area contributed by atoms with Crippen molar-refractivity contribution in [2.24, 2.45) is 0 Å². The molecule has 0 atom stereocenters. The van der Waals surface area contributed by atoms with E-state index in [-0.39, 0.29) is 12.4 Å². The van der Waals surface area contributed by atoms with Crippen molar-refractivity contribution in [1.82, 2.24) is 0 Å². The summed E-state index contributed by atoms with van der Waals surface area (Å²) in [5.74, 6) is 0.671. The Hall–Kier alpha value is -2.85. The van der Waals surface area contributed by atoms with Crippen molar-refractivity contribution in [1.29, 1.82) is 0 Å². The topological polar surface area (TPSA) is 35.5 Å². The van der Waals surface area contributed by atoms with Crippen LogP contribution in [0.25, 0.3) is 11.1 Å². The molecule has 0 saturated carbocycles. The van der Waals surface area contributed by atoms with E-state index in [1.807, 2.05) is 12.1 Å². The lowest BCUT2D eigenvalue weighted by molar-refractivity contribution is 0.112. The fourth-order valence-corrected chi connectivity index (χ4v) is 2.94. The van der Waals surface area contributed by atoms with Crippen LogP contribution in [0.2, 0.25) is 5.02 Å². The molecule has 0 bridgehead atoms. The molecule has 0 radical (unpaired) electrons. The largest absolute Gasteiger partial charge is 0.496 e. The maximum atomic E-state index is 14.2. The fraction of sp³-hybridized carbons (Fsp3) is 0.0952. The number of rotatable bonds is 6. The predicted molar refractivity (Wildman–Crippen MR) is 99.6 cm³/mol.